The molecule has 19 heavy (non-hydrogen) atoms. The molecule has 0 spiro atoms. The van der Waals surface area contributed by atoms with Crippen LogP contribution in [0.1, 0.15) is 23.3 Å². The van der Waals surface area contributed by atoms with Crippen molar-refractivity contribution >= 4 is 11.9 Å². The molecule has 98 valence electrons. The van der Waals surface area contributed by atoms with Gasteiger partial charge in [0.15, 0.2) is 0 Å². The van der Waals surface area contributed by atoms with Crippen LogP contribution in [0.3, 0.4) is 0 Å². The Kier molecular flexibility index (Phi) is 2.64. The van der Waals surface area contributed by atoms with Crippen LogP contribution in [0.25, 0.3) is 0 Å². The maximum absolute atomic E-state index is 11.9. The van der Waals surface area contributed by atoms with E-state index in [1.165, 1.54) is 14.2 Å². The Labute approximate surface area is 109 Å². The largest absolute Gasteiger partial charge is 0.466 e. The Balaban J connectivity index is 2.16. The molecule has 3 rings (SSSR count). The predicted molar refractivity (Wildman–Crippen MR) is 64.1 cm³/mol. The monoisotopic (exact) mass is 260 g/mol. The third kappa shape index (κ3) is 1.51. The summed E-state index contributed by atoms with van der Waals surface area (Å²) in [6.45, 7) is 0. The average Bonchev–Trinajstić information content (AvgIpc) is 3.02. The van der Waals surface area contributed by atoms with Crippen molar-refractivity contribution in [3.63, 3.8) is 0 Å². The zero-order chi connectivity index (χ0) is 13.6. The number of hydrogen-bond donors (Lipinski definition) is 0. The van der Waals surface area contributed by atoms with Gasteiger partial charge >= 0.3 is 11.9 Å². The molecule has 1 aromatic rings. The van der Waals surface area contributed by atoms with E-state index < -0.39 is 24.1 Å². The van der Waals surface area contributed by atoms with Crippen LogP contribution in [0.5, 0.6) is 0 Å². The molecular formula is C14H12O5. The molecule has 2 heterocycles. The highest BCUT2D eigenvalue weighted by atomic mass is 16.5. The molecule has 5 nitrogen and oxygen atoms in total. The summed E-state index contributed by atoms with van der Waals surface area (Å²) in [5.74, 6) is -1.11. The summed E-state index contributed by atoms with van der Waals surface area (Å²) >= 11 is 0. The van der Waals surface area contributed by atoms with Gasteiger partial charge in [0.1, 0.15) is 12.2 Å². The van der Waals surface area contributed by atoms with Gasteiger partial charge < -0.3 is 14.2 Å². The second kappa shape index (κ2) is 4.20. The molecule has 1 aromatic carbocycles. The SMILES string of the molecule is COC(=O)C1=C(C(=O)OC)[C@@H]2O[C@H]1c1ccccc12. The van der Waals surface area contributed by atoms with E-state index in [0.717, 1.165) is 11.1 Å². The maximum atomic E-state index is 11.9. The average molecular weight is 260 g/mol. The molecule has 0 unspecified atom stereocenters. The predicted octanol–water partition coefficient (Wildman–Crippen LogP) is 1.46. The number of methoxy groups -OCH3 is 2. The zero-order valence-electron chi connectivity index (χ0n) is 10.5. The van der Waals surface area contributed by atoms with Crippen molar-refractivity contribution in [2.24, 2.45) is 0 Å². The number of benzene rings is 1. The van der Waals surface area contributed by atoms with Gasteiger partial charge in [0.25, 0.3) is 0 Å². The van der Waals surface area contributed by atoms with E-state index in [1.54, 1.807) is 0 Å². The smallest absolute Gasteiger partial charge is 0.337 e. The van der Waals surface area contributed by atoms with E-state index in [1.807, 2.05) is 24.3 Å². The minimum atomic E-state index is -0.553. The maximum Gasteiger partial charge on any atom is 0.337 e. The molecule has 0 N–H and O–H groups in total. The van der Waals surface area contributed by atoms with Crippen LogP contribution in [0.15, 0.2) is 35.4 Å². The molecule has 0 amide bonds. The van der Waals surface area contributed by atoms with Crippen LogP contribution >= 0.6 is 0 Å². The van der Waals surface area contributed by atoms with Crippen molar-refractivity contribution in [2.75, 3.05) is 14.2 Å². The first kappa shape index (κ1) is 11.9. The number of rotatable bonds is 2. The number of carbonyl (C=O) groups excluding carboxylic acids is 2. The first-order chi connectivity index (χ1) is 9.19. The summed E-state index contributed by atoms with van der Waals surface area (Å²) in [6, 6.07) is 7.51. The fraction of sp³-hybridized carbons (Fsp3) is 0.286. The van der Waals surface area contributed by atoms with Crippen LogP contribution in [0.4, 0.5) is 0 Å². The molecule has 0 aromatic heterocycles. The topological polar surface area (TPSA) is 61.8 Å². The lowest BCUT2D eigenvalue weighted by molar-refractivity contribution is -0.139. The summed E-state index contributed by atoms with van der Waals surface area (Å²) < 4.78 is 15.2. The van der Waals surface area contributed by atoms with Gasteiger partial charge in [-0.25, -0.2) is 9.59 Å². The van der Waals surface area contributed by atoms with E-state index in [0.29, 0.717) is 0 Å². The Bertz CT molecular complexity index is 551. The van der Waals surface area contributed by atoms with Gasteiger partial charge in [-0.2, -0.15) is 0 Å². The molecule has 0 aliphatic carbocycles. The second-order valence-corrected chi connectivity index (χ2v) is 4.34. The van der Waals surface area contributed by atoms with E-state index in [2.05, 4.69) is 0 Å². The van der Waals surface area contributed by atoms with E-state index in [4.69, 9.17) is 14.2 Å². The van der Waals surface area contributed by atoms with Gasteiger partial charge in [0.2, 0.25) is 0 Å². The quantitative estimate of drug-likeness (QED) is 0.753. The minimum Gasteiger partial charge on any atom is -0.466 e. The van der Waals surface area contributed by atoms with Crippen LogP contribution in [-0.2, 0) is 23.8 Å². The standard InChI is InChI=1S/C14H12O5/c1-17-13(15)9-10(14(16)18-2)12-8-6-4-3-5-7(8)11(9)19-12/h3-6,11-12H,1-2H3/t11-,12+. The second-order valence-electron chi connectivity index (χ2n) is 4.34. The highest BCUT2D eigenvalue weighted by Gasteiger charge is 2.50. The number of carbonyl (C=O) groups is 2. The van der Waals surface area contributed by atoms with Crippen molar-refractivity contribution < 1.29 is 23.8 Å². The Morgan fingerprint density at radius 1 is 0.947 bits per heavy atom. The van der Waals surface area contributed by atoms with E-state index in [-0.39, 0.29) is 11.1 Å². The van der Waals surface area contributed by atoms with Crippen molar-refractivity contribution in [2.45, 2.75) is 12.2 Å². The fourth-order valence-corrected chi connectivity index (χ4v) is 2.65. The summed E-state index contributed by atoms with van der Waals surface area (Å²) in [7, 11) is 2.56. The van der Waals surface area contributed by atoms with E-state index >= 15 is 0 Å². The molecule has 2 atom stereocenters. The van der Waals surface area contributed by atoms with Crippen LogP contribution in [-0.4, -0.2) is 26.2 Å². The van der Waals surface area contributed by atoms with Crippen molar-refractivity contribution in [1.82, 2.24) is 0 Å². The van der Waals surface area contributed by atoms with Crippen LogP contribution in [0, 0.1) is 0 Å². The minimum absolute atomic E-state index is 0.248. The molecule has 0 saturated carbocycles. The number of hydrogen-bond acceptors (Lipinski definition) is 5. The van der Waals surface area contributed by atoms with Gasteiger partial charge in [-0.1, -0.05) is 24.3 Å². The number of esters is 2. The van der Waals surface area contributed by atoms with Gasteiger partial charge in [-0.05, 0) is 11.1 Å². The molecular weight excluding hydrogens is 248 g/mol. The molecule has 2 bridgehead atoms. The Hall–Kier alpha value is -2.14. The van der Waals surface area contributed by atoms with Crippen molar-refractivity contribution in [3.05, 3.63) is 46.5 Å². The first-order valence-corrected chi connectivity index (χ1v) is 5.84. The fourth-order valence-electron chi connectivity index (χ4n) is 2.65. The lowest BCUT2D eigenvalue weighted by Crippen LogP contribution is -2.19. The first-order valence-electron chi connectivity index (χ1n) is 5.84. The Morgan fingerprint density at radius 2 is 1.37 bits per heavy atom. The molecule has 2 aliphatic rings. The number of ether oxygens (including phenoxy) is 3. The summed E-state index contributed by atoms with van der Waals surface area (Å²) in [4.78, 5) is 23.8. The van der Waals surface area contributed by atoms with E-state index in [9.17, 15) is 9.59 Å². The molecule has 0 fully saturated rings. The van der Waals surface area contributed by atoms with Gasteiger partial charge in [0.05, 0.1) is 25.4 Å². The van der Waals surface area contributed by atoms with Crippen molar-refractivity contribution in [1.29, 1.82) is 0 Å². The molecule has 0 saturated heterocycles. The third-order valence-electron chi connectivity index (χ3n) is 3.46. The van der Waals surface area contributed by atoms with Crippen molar-refractivity contribution in [3.8, 4) is 0 Å². The van der Waals surface area contributed by atoms with Gasteiger partial charge in [-0.3, -0.25) is 0 Å². The summed E-state index contributed by atoms with van der Waals surface area (Å²) in [5.41, 5.74) is 2.30. The molecule has 2 aliphatic heterocycles. The lowest BCUT2D eigenvalue weighted by atomic mass is 9.86. The summed E-state index contributed by atoms with van der Waals surface area (Å²) in [6.07, 6.45) is -1.08. The highest BCUT2D eigenvalue weighted by Crippen LogP contribution is 2.54. The van der Waals surface area contributed by atoms with Gasteiger partial charge in [0, 0.05) is 0 Å². The normalized spacial score (nSPS) is 23.3. The highest BCUT2D eigenvalue weighted by molar-refractivity contribution is 6.04. The number of fused-ring (bicyclic) bond motifs is 5. The third-order valence-corrected chi connectivity index (χ3v) is 3.46. The van der Waals surface area contributed by atoms with Crippen LogP contribution in [0.2, 0.25) is 0 Å². The Morgan fingerprint density at radius 3 is 1.74 bits per heavy atom. The lowest BCUT2D eigenvalue weighted by Gasteiger charge is -2.16. The zero-order valence-corrected chi connectivity index (χ0v) is 10.5. The summed E-state index contributed by atoms with van der Waals surface area (Å²) in [5, 5.41) is 0. The molecule has 0 radical (unpaired) electrons. The van der Waals surface area contributed by atoms with Gasteiger partial charge in [-0.15, -0.1) is 0 Å². The molecule has 5 heteroatoms. The van der Waals surface area contributed by atoms with Crippen LogP contribution < -0.4 is 0 Å².